The molecule has 0 aliphatic rings. The number of hydrogen-bond donors (Lipinski definition) is 8. The first-order valence-corrected chi connectivity index (χ1v) is 9.37. The highest BCUT2D eigenvalue weighted by Gasteiger charge is 2.30. The number of carbonyl (C=O) groups is 4. The second kappa shape index (κ2) is 12.5. The summed E-state index contributed by atoms with van der Waals surface area (Å²) in [5.41, 5.74) is 5.56. The summed E-state index contributed by atoms with van der Waals surface area (Å²) >= 11 is 3.97. The third kappa shape index (κ3) is 8.87. The van der Waals surface area contributed by atoms with Gasteiger partial charge in [0.25, 0.3) is 0 Å². The van der Waals surface area contributed by atoms with E-state index in [1.807, 2.05) is 13.8 Å². The first kappa shape index (κ1) is 26.1. The predicted molar refractivity (Wildman–Crippen MR) is 103 cm³/mol. The van der Waals surface area contributed by atoms with Crippen LogP contribution in [0.3, 0.4) is 0 Å². The number of amides is 3. The van der Waals surface area contributed by atoms with Crippen molar-refractivity contribution in [3.8, 4) is 0 Å². The molecule has 0 aliphatic carbocycles. The third-order valence-corrected chi connectivity index (χ3v) is 4.14. The van der Waals surface area contributed by atoms with Crippen molar-refractivity contribution < 1.29 is 34.5 Å². The van der Waals surface area contributed by atoms with E-state index in [9.17, 15) is 24.3 Å². The number of nitrogens with two attached hydrogens (primary N) is 1. The smallest absolute Gasteiger partial charge is 0.328 e. The largest absolute Gasteiger partial charge is 0.480 e. The van der Waals surface area contributed by atoms with Crippen LogP contribution in [0.5, 0.6) is 0 Å². The fourth-order valence-electron chi connectivity index (χ4n) is 2.11. The average Bonchev–Trinajstić information content (AvgIpc) is 2.61. The molecule has 0 spiro atoms. The second-order valence-corrected chi connectivity index (χ2v) is 7.15. The quantitative estimate of drug-likeness (QED) is 0.155. The minimum Gasteiger partial charge on any atom is -0.480 e. The van der Waals surface area contributed by atoms with E-state index < -0.39 is 60.6 Å². The Labute approximate surface area is 168 Å². The molecule has 0 aromatic rings. The van der Waals surface area contributed by atoms with Gasteiger partial charge in [0.1, 0.15) is 24.2 Å². The van der Waals surface area contributed by atoms with Gasteiger partial charge in [-0.25, -0.2) is 4.79 Å². The van der Waals surface area contributed by atoms with Crippen LogP contribution in [0.25, 0.3) is 0 Å². The van der Waals surface area contributed by atoms with Crippen molar-refractivity contribution in [2.24, 2.45) is 11.7 Å². The Morgan fingerprint density at radius 3 is 1.79 bits per heavy atom. The van der Waals surface area contributed by atoms with Gasteiger partial charge in [-0.2, -0.15) is 12.6 Å². The molecule has 11 nitrogen and oxygen atoms in total. The van der Waals surface area contributed by atoms with E-state index in [0.29, 0.717) is 0 Å². The number of hydrogen-bond acceptors (Lipinski definition) is 8. The lowest BCUT2D eigenvalue weighted by Crippen LogP contribution is -2.59. The van der Waals surface area contributed by atoms with Crippen LogP contribution in [0.4, 0.5) is 0 Å². The number of carbonyl (C=O) groups excluding carboxylic acids is 3. The number of carboxylic acids is 1. The molecule has 0 aliphatic heterocycles. The summed E-state index contributed by atoms with van der Waals surface area (Å²) in [4.78, 5) is 47.7. The minimum absolute atomic E-state index is 0.00730. The van der Waals surface area contributed by atoms with E-state index in [1.54, 1.807) is 0 Å². The molecule has 5 atom stereocenters. The minimum atomic E-state index is -1.53. The fourth-order valence-corrected chi connectivity index (χ4v) is 2.37. The SMILES string of the molecule is CC(C)CC(NC(=O)C(N)C(C)O)C(=O)NC(CS)C(=O)NC(CO)C(=O)O. The van der Waals surface area contributed by atoms with E-state index in [4.69, 9.17) is 15.9 Å². The Bertz CT molecular complexity index is 559. The number of nitrogens with one attached hydrogen (secondary N) is 3. The van der Waals surface area contributed by atoms with Gasteiger partial charge >= 0.3 is 5.97 Å². The lowest BCUT2D eigenvalue weighted by molar-refractivity contribution is -0.143. The van der Waals surface area contributed by atoms with Gasteiger partial charge in [-0.05, 0) is 19.3 Å². The molecule has 0 rings (SSSR count). The highest BCUT2D eigenvalue weighted by Crippen LogP contribution is 2.07. The summed E-state index contributed by atoms with van der Waals surface area (Å²) in [6.45, 7) is 4.16. The molecular formula is C16H30N4O7S. The zero-order valence-electron chi connectivity index (χ0n) is 16.1. The fraction of sp³-hybridized carbons (Fsp3) is 0.750. The van der Waals surface area contributed by atoms with Crippen molar-refractivity contribution in [2.45, 2.75) is 57.5 Å². The molecule has 0 saturated carbocycles. The molecule has 0 heterocycles. The Morgan fingerprint density at radius 2 is 1.39 bits per heavy atom. The molecule has 8 N–H and O–H groups in total. The Kier molecular flexibility index (Phi) is 11.7. The molecule has 0 aromatic heterocycles. The highest BCUT2D eigenvalue weighted by molar-refractivity contribution is 7.80. The lowest BCUT2D eigenvalue weighted by Gasteiger charge is -2.25. The molecule has 162 valence electrons. The first-order valence-electron chi connectivity index (χ1n) is 8.73. The van der Waals surface area contributed by atoms with E-state index in [2.05, 4.69) is 28.6 Å². The monoisotopic (exact) mass is 422 g/mol. The van der Waals surface area contributed by atoms with Crippen molar-refractivity contribution in [3.05, 3.63) is 0 Å². The van der Waals surface area contributed by atoms with E-state index >= 15 is 0 Å². The zero-order chi connectivity index (χ0) is 22.0. The van der Waals surface area contributed by atoms with Crippen LogP contribution >= 0.6 is 12.6 Å². The maximum Gasteiger partial charge on any atom is 0.328 e. The maximum absolute atomic E-state index is 12.6. The summed E-state index contributed by atoms with van der Waals surface area (Å²) in [5, 5.41) is 34.2. The van der Waals surface area contributed by atoms with Gasteiger partial charge in [-0.15, -0.1) is 0 Å². The lowest BCUT2D eigenvalue weighted by atomic mass is 10.0. The number of aliphatic carboxylic acids is 1. The van der Waals surface area contributed by atoms with Gasteiger partial charge in [0.2, 0.25) is 17.7 Å². The molecular weight excluding hydrogens is 392 g/mol. The summed E-state index contributed by atoms with van der Waals surface area (Å²) in [6.07, 6.45) is -0.885. The van der Waals surface area contributed by atoms with Gasteiger partial charge in [0.05, 0.1) is 12.7 Å². The van der Waals surface area contributed by atoms with Crippen molar-refractivity contribution >= 4 is 36.3 Å². The van der Waals surface area contributed by atoms with Crippen molar-refractivity contribution in [1.29, 1.82) is 0 Å². The summed E-state index contributed by atoms with van der Waals surface area (Å²) < 4.78 is 0. The Hall–Kier alpha value is -1.89. The van der Waals surface area contributed by atoms with E-state index in [-0.39, 0.29) is 18.1 Å². The maximum atomic E-state index is 12.6. The van der Waals surface area contributed by atoms with Gasteiger partial charge in [0, 0.05) is 5.75 Å². The molecule has 0 saturated heterocycles. The molecule has 5 unspecified atom stereocenters. The highest BCUT2D eigenvalue weighted by atomic mass is 32.1. The van der Waals surface area contributed by atoms with Crippen molar-refractivity contribution in [1.82, 2.24) is 16.0 Å². The number of carboxylic acid groups (broad SMARTS) is 1. The molecule has 0 aromatic carbocycles. The Balaban J connectivity index is 5.17. The van der Waals surface area contributed by atoms with Crippen molar-refractivity contribution in [3.63, 3.8) is 0 Å². The van der Waals surface area contributed by atoms with Crippen LogP contribution in [0.1, 0.15) is 27.2 Å². The van der Waals surface area contributed by atoms with Gasteiger partial charge in [0.15, 0.2) is 0 Å². The van der Waals surface area contributed by atoms with Crippen LogP contribution < -0.4 is 21.7 Å². The molecule has 0 radical (unpaired) electrons. The summed E-state index contributed by atoms with van der Waals surface area (Å²) in [5.74, 6) is -3.84. The molecule has 3 amide bonds. The van der Waals surface area contributed by atoms with Gasteiger partial charge in [-0.3, -0.25) is 14.4 Å². The summed E-state index contributed by atoms with van der Waals surface area (Å²) in [6, 6.07) is -4.98. The van der Waals surface area contributed by atoms with E-state index in [0.717, 1.165) is 0 Å². The number of thiol groups is 1. The van der Waals surface area contributed by atoms with Crippen LogP contribution in [-0.2, 0) is 19.2 Å². The molecule has 12 heteroatoms. The molecule has 0 bridgehead atoms. The van der Waals surface area contributed by atoms with Crippen LogP contribution in [0, 0.1) is 5.92 Å². The number of aliphatic hydroxyl groups excluding tert-OH is 2. The van der Waals surface area contributed by atoms with E-state index in [1.165, 1.54) is 6.92 Å². The normalized spacial score (nSPS) is 16.4. The molecule has 28 heavy (non-hydrogen) atoms. The standard InChI is InChI=1S/C16H30N4O7S/c1-7(2)4-9(18-15(25)12(17)8(3)22)13(23)20-11(6-28)14(24)19-10(5-21)16(26)27/h7-12,21-22,28H,4-6,17H2,1-3H3,(H,18,25)(H,19,24)(H,20,23)(H,26,27). The average molecular weight is 423 g/mol. The van der Waals surface area contributed by atoms with Crippen LogP contribution in [0.2, 0.25) is 0 Å². The summed E-state index contributed by atoms with van der Waals surface area (Å²) in [7, 11) is 0. The number of rotatable bonds is 12. The van der Waals surface area contributed by atoms with Crippen LogP contribution in [0.15, 0.2) is 0 Å². The number of aliphatic hydroxyl groups is 2. The van der Waals surface area contributed by atoms with Crippen LogP contribution in [-0.4, -0.2) is 81.6 Å². The van der Waals surface area contributed by atoms with Gasteiger partial charge in [-0.1, -0.05) is 13.8 Å². The Morgan fingerprint density at radius 1 is 0.929 bits per heavy atom. The topological polar surface area (TPSA) is 191 Å². The first-order chi connectivity index (χ1) is 12.9. The molecule has 0 fully saturated rings. The zero-order valence-corrected chi connectivity index (χ0v) is 17.0. The third-order valence-electron chi connectivity index (χ3n) is 3.78. The van der Waals surface area contributed by atoms with Crippen molar-refractivity contribution in [2.75, 3.05) is 12.4 Å². The second-order valence-electron chi connectivity index (χ2n) is 6.78. The van der Waals surface area contributed by atoms with Gasteiger partial charge < -0.3 is 37.0 Å². The predicted octanol–water partition coefficient (Wildman–Crippen LogP) is -2.80.